The molecule has 5 heteroatoms. The monoisotopic (exact) mass is 277 g/mol. The average molecular weight is 277 g/mol. The molecule has 2 aromatic carbocycles. The maximum Gasteiger partial charge on any atom is 0.223 e. The molecule has 0 saturated carbocycles. The first-order chi connectivity index (χ1) is 10.3. The largest absolute Gasteiger partial charge is 0.359 e. The van der Waals surface area contributed by atoms with Gasteiger partial charge in [-0.25, -0.2) is 9.55 Å². The molecule has 1 N–H and O–H groups in total. The first-order valence-corrected chi connectivity index (χ1v) is 6.86. The van der Waals surface area contributed by atoms with Crippen LogP contribution in [0.1, 0.15) is 0 Å². The lowest BCUT2D eigenvalue weighted by atomic mass is 10.3. The molecule has 0 fully saturated rings. The highest BCUT2D eigenvalue weighted by Crippen LogP contribution is 2.25. The molecule has 0 atom stereocenters. The summed E-state index contributed by atoms with van der Waals surface area (Å²) >= 11 is 0. The van der Waals surface area contributed by atoms with E-state index in [1.165, 1.54) is 0 Å². The molecule has 0 spiro atoms. The molecule has 0 saturated heterocycles. The van der Waals surface area contributed by atoms with Crippen LogP contribution in [0, 0.1) is 0 Å². The normalized spacial score (nSPS) is 12.6. The Morgan fingerprint density at radius 1 is 1.00 bits per heavy atom. The molecular weight excluding hydrogens is 262 g/mol. The van der Waals surface area contributed by atoms with Crippen LogP contribution in [0.25, 0.3) is 27.8 Å². The molecule has 0 aliphatic rings. The molecule has 2 aromatic heterocycles. The third-order valence-corrected chi connectivity index (χ3v) is 3.75. The van der Waals surface area contributed by atoms with Crippen molar-refractivity contribution in [2.24, 2.45) is 4.99 Å². The van der Waals surface area contributed by atoms with Crippen LogP contribution < -0.4 is 5.32 Å². The minimum Gasteiger partial charge on any atom is -0.359 e. The highest BCUT2D eigenvalue weighted by atomic mass is 15.3. The van der Waals surface area contributed by atoms with Gasteiger partial charge < -0.3 is 5.32 Å². The number of fused-ring (bicyclic) bond motifs is 5. The SMILES string of the molecule is CN=C(NC)n1c2ccccc2n2c3ccccc3nc12. The molecular formula is C16H15N5. The summed E-state index contributed by atoms with van der Waals surface area (Å²) in [5.41, 5.74) is 4.30. The van der Waals surface area contributed by atoms with Gasteiger partial charge >= 0.3 is 0 Å². The Morgan fingerprint density at radius 2 is 1.67 bits per heavy atom. The number of hydrogen-bond acceptors (Lipinski definition) is 2. The Bertz CT molecular complexity index is 990. The van der Waals surface area contributed by atoms with Gasteiger partial charge in [0.05, 0.1) is 22.1 Å². The summed E-state index contributed by atoms with van der Waals surface area (Å²) in [5.74, 6) is 1.64. The van der Waals surface area contributed by atoms with E-state index in [1.54, 1.807) is 7.05 Å². The lowest BCUT2D eigenvalue weighted by Gasteiger charge is -2.06. The minimum atomic E-state index is 0.775. The quantitative estimate of drug-likeness (QED) is 0.396. The second-order valence-electron chi connectivity index (χ2n) is 4.86. The van der Waals surface area contributed by atoms with E-state index in [4.69, 9.17) is 4.98 Å². The number of nitrogens with zero attached hydrogens (tertiary/aromatic N) is 4. The molecule has 0 bridgehead atoms. The van der Waals surface area contributed by atoms with E-state index in [0.29, 0.717) is 0 Å². The Labute approximate surface area is 121 Å². The third kappa shape index (κ3) is 1.51. The molecule has 0 radical (unpaired) electrons. The van der Waals surface area contributed by atoms with Gasteiger partial charge in [-0.15, -0.1) is 0 Å². The lowest BCUT2D eigenvalue weighted by molar-refractivity contribution is 1.03. The molecule has 104 valence electrons. The maximum absolute atomic E-state index is 4.77. The number of hydrogen-bond donors (Lipinski definition) is 1. The molecule has 0 unspecified atom stereocenters. The van der Waals surface area contributed by atoms with Gasteiger partial charge in [-0.05, 0) is 24.3 Å². The Morgan fingerprint density at radius 3 is 2.38 bits per heavy atom. The molecule has 0 aliphatic carbocycles. The van der Waals surface area contributed by atoms with Crippen molar-refractivity contribution in [3.05, 3.63) is 48.5 Å². The zero-order valence-electron chi connectivity index (χ0n) is 11.9. The number of aromatic nitrogens is 3. The van der Waals surface area contributed by atoms with Gasteiger partial charge in [0.25, 0.3) is 0 Å². The second kappa shape index (κ2) is 4.34. The highest BCUT2D eigenvalue weighted by molar-refractivity contribution is 6.00. The van der Waals surface area contributed by atoms with Crippen molar-refractivity contribution >= 4 is 33.8 Å². The van der Waals surface area contributed by atoms with Crippen molar-refractivity contribution in [3.8, 4) is 0 Å². The topological polar surface area (TPSA) is 46.6 Å². The van der Waals surface area contributed by atoms with Gasteiger partial charge in [-0.2, -0.15) is 0 Å². The number of para-hydroxylation sites is 4. The van der Waals surface area contributed by atoms with Crippen LogP contribution in [0.2, 0.25) is 0 Å². The maximum atomic E-state index is 4.77. The van der Waals surface area contributed by atoms with Gasteiger partial charge in [0.2, 0.25) is 11.7 Å². The van der Waals surface area contributed by atoms with Crippen LogP contribution in [0.15, 0.2) is 53.5 Å². The fraction of sp³-hybridized carbons (Fsp3) is 0.125. The van der Waals surface area contributed by atoms with Crippen LogP contribution in [0.3, 0.4) is 0 Å². The van der Waals surface area contributed by atoms with Gasteiger partial charge in [0.15, 0.2) is 0 Å². The number of imidazole rings is 2. The Kier molecular flexibility index (Phi) is 2.47. The van der Waals surface area contributed by atoms with Crippen molar-refractivity contribution in [3.63, 3.8) is 0 Å². The van der Waals surface area contributed by atoms with Gasteiger partial charge in [0, 0.05) is 14.1 Å². The lowest BCUT2D eigenvalue weighted by Crippen LogP contribution is -2.26. The number of nitrogens with one attached hydrogen (secondary N) is 1. The van der Waals surface area contributed by atoms with E-state index in [1.807, 2.05) is 37.4 Å². The van der Waals surface area contributed by atoms with Crippen molar-refractivity contribution in [2.45, 2.75) is 0 Å². The zero-order chi connectivity index (χ0) is 14.4. The molecule has 2 heterocycles. The van der Waals surface area contributed by atoms with Crippen LogP contribution in [0.4, 0.5) is 0 Å². The van der Waals surface area contributed by atoms with Gasteiger partial charge in [-0.3, -0.25) is 9.39 Å². The van der Waals surface area contributed by atoms with Crippen molar-refractivity contribution in [2.75, 3.05) is 14.1 Å². The Hall–Kier alpha value is -2.82. The van der Waals surface area contributed by atoms with E-state index < -0.39 is 0 Å². The molecule has 21 heavy (non-hydrogen) atoms. The van der Waals surface area contributed by atoms with E-state index in [0.717, 1.165) is 33.8 Å². The van der Waals surface area contributed by atoms with Crippen molar-refractivity contribution < 1.29 is 0 Å². The van der Waals surface area contributed by atoms with Crippen LogP contribution >= 0.6 is 0 Å². The average Bonchev–Trinajstić information content (AvgIpc) is 3.04. The number of rotatable bonds is 0. The smallest absolute Gasteiger partial charge is 0.223 e. The fourth-order valence-corrected chi connectivity index (χ4v) is 2.88. The summed E-state index contributed by atoms with van der Waals surface area (Å²) in [6.45, 7) is 0. The zero-order valence-corrected chi connectivity index (χ0v) is 11.9. The number of benzene rings is 2. The molecule has 4 rings (SSSR count). The molecule has 4 aromatic rings. The summed E-state index contributed by atoms with van der Waals surface area (Å²) in [6, 6.07) is 16.4. The minimum absolute atomic E-state index is 0.775. The van der Waals surface area contributed by atoms with Gasteiger partial charge in [-0.1, -0.05) is 24.3 Å². The predicted octanol–water partition coefficient (Wildman–Crippen LogP) is 2.50. The van der Waals surface area contributed by atoms with Crippen LogP contribution in [-0.2, 0) is 0 Å². The number of aliphatic imine (C=N–C) groups is 1. The third-order valence-electron chi connectivity index (χ3n) is 3.75. The first kappa shape index (κ1) is 12.0. The van der Waals surface area contributed by atoms with E-state index in [9.17, 15) is 0 Å². The van der Waals surface area contributed by atoms with E-state index in [2.05, 4.69) is 37.5 Å². The first-order valence-electron chi connectivity index (χ1n) is 6.86. The standard InChI is InChI=1S/C16H15N5/c1-17-15(18-2)21-14-10-6-5-9-13(14)20-12-8-4-3-7-11(12)19-16(20)21/h3-10H,1-2H3,(H,17,18). The molecule has 0 amide bonds. The van der Waals surface area contributed by atoms with Crippen molar-refractivity contribution in [1.82, 2.24) is 19.3 Å². The van der Waals surface area contributed by atoms with Gasteiger partial charge in [0.1, 0.15) is 0 Å². The predicted molar refractivity (Wildman–Crippen MR) is 86.0 cm³/mol. The summed E-state index contributed by atoms with van der Waals surface area (Å²) in [4.78, 5) is 9.11. The Balaban J connectivity index is 2.29. The van der Waals surface area contributed by atoms with Crippen molar-refractivity contribution in [1.29, 1.82) is 0 Å². The summed E-state index contributed by atoms with van der Waals surface area (Å²) in [6.07, 6.45) is 0. The van der Waals surface area contributed by atoms with E-state index in [-0.39, 0.29) is 0 Å². The summed E-state index contributed by atoms with van der Waals surface area (Å²) in [7, 11) is 3.65. The van der Waals surface area contributed by atoms with E-state index >= 15 is 0 Å². The van der Waals surface area contributed by atoms with Crippen LogP contribution in [0.5, 0.6) is 0 Å². The van der Waals surface area contributed by atoms with Crippen LogP contribution in [-0.4, -0.2) is 34.0 Å². The summed E-state index contributed by atoms with van der Waals surface area (Å²) < 4.78 is 4.22. The molecule has 5 nitrogen and oxygen atoms in total. The summed E-state index contributed by atoms with van der Waals surface area (Å²) in [5, 5.41) is 3.14. The highest BCUT2D eigenvalue weighted by Gasteiger charge is 2.17. The molecule has 0 aliphatic heterocycles. The second-order valence-corrected chi connectivity index (χ2v) is 4.86. The fourth-order valence-electron chi connectivity index (χ4n) is 2.88.